The summed E-state index contributed by atoms with van der Waals surface area (Å²) >= 11 is 0. The summed E-state index contributed by atoms with van der Waals surface area (Å²) in [6.45, 7) is 2.85. The van der Waals surface area contributed by atoms with Crippen LogP contribution in [0.1, 0.15) is 24.9 Å². The maximum absolute atomic E-state index is 13.4. The van der Waals surface area contributed by atoms with Crippen molar-refractivity contribution in [3.63, 3.8) is 0 Å². The molecule has 0 saturated heterocycles. The molecule has 7 nitrogen and oxygen atoms in total. The molecule has 3 aromatic carbocycles. The minimum Gasteiger partial charge on any atom is -0.511 e. The molecule has 0 unspecified atom stereocenters. The fraction of sp³-hybridized carbons (Fsp3) is 0.231. The van der Waals surface area contributed by atoms with Crippen LogP contribution in [0.3, 0.4) is 0 Å². The Kier molecular flexibility index (Phi) is 4.50. The highest BCUT2D eigenvalue weighted by molar-refractivity contribution is 6.26. The average molecular weight is 441 g/mol. The SMILES string of the molecule is C[C@H]1CN=C2C(C(=O)Nc3cccc4ccccc34)=C(O)C[C@@H](c3ccc4c(c3)OCO4)N21. The van der Waals surface area contributed by atoms with E-state index in [0.717, 1.165) is 16.3 Å². The standard InChI is InChI=1S/C26H23N3O4/c1-15-13-27-25-24(26(31)28-19-8-4-6-16-5-2-3-7-18(16)19)21(30)12-20(29(15)25)17-9-10-22-23(11-17)33-14-32-22/h2-11,15,20,30H,12-14H2,1H3,(H,28,31)/t15-,20-/m0/s1. The number of hydrogen-bond donors (Lipinski definition) is 2. The molecule has 0 aliphatic carbocycles. The molecule has 6 rings (SSSR count). The van der Waals surface area contributed by atoms with Crippen LogP contribution in [0, 0.1) is 0 Å². The number of rotatable bonds is 3. The Morgan fingerprint density at radius 1 is 1.09 bits per heavy atom. The fourth-order valence-corrected chi connectivity index (χ4v) is 4.92. The van der Waals surface area contributed by atoms with E-state index in [-0.39, 0.29) is 36.1 Å². The Morgan fingerprint density at radius 3 is 2.82 bits per heavy atom. The van der Waals surface area contributed by atoms with Gasteiger partial charge in [-0.3, -0.25) is 9.79 Å². The maximum Gasteiger partial charge on any atom is 0.262 e. The van der Waals surface area contributed by atoms with Gasteiger partial charge in [0.05, 0.1) is 12.6 Å². The van der Waals surface area contributed by atoms with Crippen molar-refractivity contribution < 1.29 is 19.4 Å². The minimum absolute atomic E-state index is 0.0412. The predicted octanol–water partition coefficient (Wildman–Crippen LogP) is 4.57. The summed E-state index contributed by atoms with van der Waals surface area (Å²) in [4.78, 5) is 20.2. The molecular formula is C26H23N3O4. The van der Waals surface area contributed by atoms with Crippen LogP contribution in [0.4, 0.5) is 5.69 Å². The van der Waals surface area contributed by atoms with Crippen LogP contribution < -0.4 is 14.8 Å². The van der Waals surface area contributed by atoms with Crippen LogP contribution in [0.25, 0.3) is 10.8 Å². The monoisotopic (exact) mass is 441 g/mol. The normalized spacial score (nSPS) is 21.2. The van der Waals surface area contributed by atoms with Gasteiger partial charge in [0, 0.05) is 23.5 Å². The first kappa shape index (κ1) is 19.7. The second-order valence-corrected chi connectivity index (χ2v) is 8.56. The Labute approximate surface area is 191 Å². The molecule has 0 saturated carbocycles. The number of carbonyl (C=O) groups is 1. The number of hydrogen-bond acceptors (Lipinski definition) is 6. The smallest absolute Gasteiger partial charge is 0.262 e. The van der Waals surface area contributed by atoms with Gasteiger partial charge < -0.3 is 24.8 Å². The minimum atomic E-state index is -0.356. The first-order valence-corrected chi connectivity index (χ1v) is 11.0. The summed E-state index contributed by atoms with van der Waals surface area (Å²) in [7, 11) is 0. The summed E-state index contributed by atoms with van der Waals surface area (Å²) in [5.74, 6) is 1.63. The number of fused-ring (bicyclic) bond motifs is 3. The Balaban J connectivity index is 1.35. The van der Waals surface area contributed by atoms with Crippen molar-refractivity contribution in [2.75, 3.05) is 18.7 Å². The lowest BCUT2D eigenvalue weighted by Crippen LogP contribution is -2.44. The largest absolute Gasteiger partial charge is 0.511 e. The zero-order chi connectivity index (χ0) is 22.5. The van der Waals surface area contributed by atoms with Crippen molar-refractivity contribution >= 4 is 28.2 Å². The van der Waals surface area contributed by atoms with E-state index in [2.05, 4.69) is 22.1 Å². The first-order valence-electron chi connectivity index (χ1n) is 11.0. The van der Waals surface area contributed by atoms with Gasteiger partial charge in [0.15, 0.2) is 11.5 Å². The van der Waals surface area contributed by atoms with Crippen molar-refractivity contribution in [3.8, 4) is 11.5 Å². The van der Waals surface area contributed by atoms with Gasteiger partial charge in [-0.05, 0) is 36.1 Å². The van der Waals surface area contributed by atoms with Gasteiger partial charge in [-0.25, -0.2) is 0 Å². The Hall–Kier alpha value is -4.00. The highest BCUT2D eigenvalue weighted by Crippen LogP contribution is 2.42. The molecule has 3 heterocycles. The number of benzene rings is 3. The quantitative estimate of drug-likeness (QED) is 0.622. The Bertz CT molecular complexity index is 1340. The summed E-state index contributed by atoms with van der Waals surface area (Å²) < 4.78 is 11.0. The van der Waals surface area contributed by atoms with E-state index in [1.54, 1.807) is 0 Å². The van der Waals surface area contributed by atoms with E-state index in [0.29, 0.717) is 36.0 Å². The van der Waals surface area contributed by atoms with Gasteiger partial charge in [-0.15, -0.1) is 0 Å². The maximum atomic E-state index is 13.4. The zero-order valence-electron chi connectivity index (χ0n) is 18.1. The van der Waals surface area contributed by atoms with Gasteiger partial charge in [0.25, 0.3) is 5.91 Å². The van der Waals surface area contributed by atoms with Crippen LogP contribution in [0.5, 0.6) is 11.5 Å². The first-order chi connectivity index (χ1) is 16.1. The number of nitrogens with one attached hydrogen (secondary N) is 1. The van der Waals surface area contributed by atoms with E-state index >= 15 is 0 Å². The summed E-state index contributed by atoms with van der Waals surface area (Å²) in [6.07, 6.45) is 0.307. The number of aliphatic hydroxyl groups is 1. The number of ether oxygens (including phenoxy) is 2. The molecular weight excluding hydrogens is 418 g/mol. The van der Waals surface area contributed by atoms with Crippen molar-refractivity contribution in [1.82, 2.24) is 4.90 Å². The number of aliphatic imine (C=N–C) groups is 1. The molecule has 0 radical (unpaired) electrons. The van der Waals surface area contributed by atoms with Gasteiger partial charge >= 0.3 is 0 Å². The van der Waals surface area contributed by atoms with Gasteiger partial charge in [-0.2, -0.15) is 0 Å². The number of aliphatic hydroxyl groups excluding tert-OH is 1. The number of nitrogens with zero attached hydrogens (tertiary/aromatic N) is 2. The molecule has 2 atom stereocenters. The van der Waals surface area contributed by atoms with Crippen LogP contribution in [0.15, 0.2) is 77.0 Å². The van der Waals surface area contributed by atoms with E-state index in [4.69, 9.17) is 9.47 Å². The fourth-order valence-electron chi connectivity index (χ4n) is 4.92. The summed E-state index contributed by atoms with van der Waals surface area (Å²) in [6, 6.07) is 19.4. The van der Waals surface area contributed by atoms with Crippen LogP contribution >= 0.6 is 0 Å². The van der Waals surface area contributed by atoms with Crippen molar-refractivity contribution in [2.45, 2.75) is 25.4 Å². The molecule has 3 aromatic rings. The van der Waals surface area contributed by atoms with Gasteiger partial charge in [0.1, 0.15) is 17.2 Å². The van der Waals surface area contributed by atoms with Crippen LogP contribution in [-0.2, 0) is 4.79 Å². The number of amidine groups is 1. The molecule has 7 heteroatoms. The molecule has 166 valence electrons. The molecule has 33 heavy (non-hydrogen) atoms. The molecule has 0 fully saturated rings. The van der Waals surface area contributed by atoms with Crippen molar-refractivity contribution in [1.29, 1.82) is 0 Å². The second-order valence-electron chi connectivity index (χ2n) is 8.56. The van der Waals surface area contributed by atoms with Gasteiger partial charge in [-0.1, -0.05) is 42.5 Å². The zero-order valence-corrected chi connectivity index (χ0v) is 18.1. The molecule has 3 aliphatic heterocycles. The van der Waals surface area contributed by atoms with Crippen LogP contribution in [-0.4, -0.2) is 41.1 Å². The predicted molar refractivity (Wildman–Crippen MR) is 126 cm³/mol. The molecule has 0 spiro atoms. The lowest BCUT2D eigenvalue weighted by atomic mass is 9.92. The highest BCUT2D eigenvalue weighted by Gasteiger charge is 2.42. The third kappa shape index (κ3) is 3.19. The number of anilines is 1. The number of carbonyl (C=O) groups excluding carboxylic acids is 1. The molecule has 2 N–H and O–H groups in total. The lowest BCUT2D eigenvalue weighted by molar-refractivity contribution is -0.112. The van der Waals surface area contributed by atoms with E-state index in [1.165, 1.54) is 0 Å². The topological polar surface area (TPSA) is 83.4 Å². The van der Waals surface area contributed by atoms with Crippen molar-refractivity contribution in [3.05, 3.63) is 77.6 Å². The lowest BCUT2D eigenvalue weighted by Gasteiger charge is -2.38. The van der Waals surface area contributed by atoms with E-state index in [1.807, 2.05) is 60.7 Å². The molecule has 3 aliphatic rings. The number of amides is 1. The van der Waals surface area contributed by atoms with Crippen molar-refractivity contribution in [2.24, 2.45) is 4.99 Å². The summed E-state index contributed by atoms with van der Waals surface area (Å²) in [5.41, 5.74) is 1.93. The summed E-state index contributed by atoms with van der Waals surface area (Å²) in [5, 5.41) is 16.0. The highest BCUT2D eigenvalue weighted by atomic mass is 16.7. The Morgan fingerprint density at radius 2 is 1.91 bits per heavy atom. The third-order valence-electron chi connectivity index (χ3n) is 6.51. The third-order valence-corrected chi connectivity index (χ3v) is 6.51. The van der Waals surface area contributed by atoms with Gasteiger partial charge in [0.2, 0.25) is 6.79 Å². The van der Waals surface area contributed by atoms with E-state index in [9.17, 15) is 9.90 Å². The molecule has 0 aromatic heterocycles. The van der Waals surface area contributed by atoms with E-state index < -0.39 is 0 Å². The second kappa shape index (κ2) is 7.55. The molecule has 0 bridgehead atoms. The van der Waals surface area contributed by atoms with Crippen LogP contribution in [0.2, 0.25) is 0 Å². The average Bonchev–Trinajstić information content (AvgIpc) is 3.45. The molecule has 1 amide bonds.